The highest BCUT2D eigenvalue weighted by atomic mass is 16.5. The molecule has 9 heteroatoms. The van der Waals surface area contributed by atoms with E-state index < -0.39 is 18.5 Å². The number of amides is 3. The lowest BCUT2D eigenvalue weighted by Gasteiger charge is -2.25. The molecular weight excluding hydrogens is 402 g/mol. The lowest BCUT2D eigenvalue weighted by Crippen LogP contribution is -2.31. The molecule has 1 N–H and O–H groups in total. The fraction of sp³-hybridized carbons (Fsp3) is 0.409. The molecule has 0 spiro atoms. The number of benzene rings is 1. The van der Waals surface area contributed by atoms with E-state index in [2.05, 4.69) is 17.4 Å². The van der Waals surface area contributed by atoms with Gasteiger partial charge in [-0.15, -0.1) is 0 Å². The lowest BCUT2D eigenvalue weighted by molar-refractivity contribution is -0.122. The second-order valence-corrected chi connectivity index (χ2v) is 8.14. The number of ether oxygens (including phenoxy) is 1. The Hall–Kier alpha value is -3.49. The minimum Gasteiger partial charge on any atom is -0.452 e. The molecule has 1 aromatic heterocycles. The van der Waals surface area contributed by atoms with E-state index in [1.54, 1.807) is 19.1 Å². The van der Waals surface area contributed by atoms with Gasteiger partial charge in [-0.3, -0.25) is 19.3 Å². The average molecular weight is 425 g/mol. The lowest BCUT2D eigenvalue weighted by atomic mass is 9.76. The first kappa shape index (κ1) is 20.8. The standard InChI is InChI=1S/C22H23N3O6/c1-12-6-7-16-17(8-12)21(28)25(20(16)27)15-5-3-4-14(10-15)22(29)30-11-19(26)23-18-9-13(2)31-24-18/h3-5,9-10,12,16-17H,6-8,11H2,1-2H3,(H,23,24,26)/t12-,16-,17-/m1/s1. The van der Waals surface area contributed by atoms with Crippen LogP contribution in [0.25, 0.3) is 0 Å². The normalized spacial score (nSPS) is 22.9. The first-order valence-corrected chi connectivity index (χ1v) is 10.2. The number of hydrogen-bond acceptors (Lipinski definition) is 7. The molecule has 2 fully saturated rings. The van der Waals surface area contributed by atoms with Gasteiger partial charge >= 0.3 is 5.97 Å². The van der Waals surface area contributed by atoms with Crippen LogP contribution in [0.4, 0.5) is 11.5 Å². The molecule has 1 aliphatic carbocycles. The maximum atomic E-state index is 12.9. The second kappa shape index (κ2) is 8.33. The Balaban J connectivity index is 1.42. The van der Waals surface area contributed by atoms with Crippen LogP contribution in [-0.4, -0.2) is 35.5 Å². The molecule has 2 heterocycles. The molecule has 31 heavy (non-hydrogen) atoms. The van der Waals surface area contributed by atoms with Gasteiger partial charge in [-0.1, -0.05) is 18.1 Å². The summed E-state index contributed by atoms with van der Waals surface area (Å²) < 4.78 is 9.90. The monoisotopic (exact) mass is 425 g/mol. The van der Waals surface area contributed by atoms with Crippen molar-refractivity contribution in [3.05, 3.63) is 41.7 Å². The summed E-state index contributed by atoms with van der Waals surface area (Å²) >= 11 is 0. The maximum Gasteiger partial charge on any atom is 0.338 e. The van der Waals surface area contributed by atoms with Crippen molar-refractivity contribution in [3.63, 3.8) is 0 Å². The predicted molar refractivity (Wildman–Crippen MR) is 109 cm³/mol. The zero-order valence-electron chi connectivity index (χ0n) is 17.3. The molecule has 0 unspecified atom stereocenters. The molecule has 2 aliphatic rings. The number of carbonyl (C=O) groups is 4. The smallest absolute Gasteiger partial charge is 0.338 e. The molecular formula is C22H23N3O6. The van der Waals surface area contributed by atoms with Crippen molar-refractivity contribution in [1.82, 2.24) is 5.16 Å². The zero-order valence-corrected chi connectivity index (χ0v) is 17.3. The molecule has 1 aromatic carbocycles. The quantitative estimate of drug-likeness (QED) is 0.578. The third-order valence-electron chi connectivity index (χ3n) is 5.76. The topological polar surface area (TPSA) is 119 Å². The van der Waals surface area contributed by atoms with Crippen LogP contribution >= 0.6 is 0 Å². The van der Waals surface area contributed by atoms with E-state index in [0.717, 1.165) is 6.42 Å². The van der Waals surface area contributed by atoms with E-state index in [0.29, 0.717) is 30.2 Å². The van der Waals surface area contributed by atoms with Crippen LogP contribution in [0.5, 0.6) is 0 Å². The van der Waals surface area contributed by atoms with Crippen molar-refractivity contribution < 1.29 is 28.4 Å². The Kier molecular flexibility index (Phi) is 5.58. The van der Waals surface area contributed by atoms with Gasteiger partial charge in [-0.2, -0.15) is 0 Å². The van der Waals surface area contributed by atoms with Gasteiger partial charge in [0.25, 0.3) is 5.91 Å². The van der Waals surface area contributed by atoms with Crippen LogP contribution in [0.1, 0.15) is 42.3 Å². The summed E-state index contributed by atoms with van der Waals surface area (Å²) in [5, 5.41) is 6.08. The molecule has 1 saturated heterocycles. The fourth-order valence-corrected chi connectivity index (χ4v) is 4.23. The van der Waals surface area contributed by atoms with E-state index in [4.69, 9.17) is 9.26 Å². The summed E-state index contributed by atoms with van der Waals surface area (Å²) in [4.78, 5) is 51.3. The number of carbonyl (C=O) groups excluding carboxylic acids is 4. The van der Waals surface area contributed by atoms with Crippen molar-refractivity contribution in [1.29, 1.82) is 0 Å². The molecule has 0 radical (unpaired) electrons. The van der Waals surface area contributed by atoms with Crippen LogP contribution in [0, 0.1) is 24.7 Å². The number of aromatic nitrogens is 1. The summed E-state index contributed by atoms with van der Waals surface area (Å²) in [6.45, 7) is 3.26. The van der Waals surface area contributed by atoms with Gasteiger partial charge in [0, 0.05) is 6.07 Å². The third-order valence-corrected chi connectivity index (χ3v) is 5.76. The van der Waals surface area contributed by atoms with Crippen molar-refractivity contribution in [2.24, 2.45) is 17.8 Å². The molecule has 2 aromatic rings. The van der Waals surface area contributed by atoms with Gasteiger partial charge in [0.05, 0.1) is 23.1 Å². The molecule has 0 bridgehead atoms. The van der Waals surface area contributed by atoms with Crippen molar-refractivity contribution in [2.45, 2.75) is 33.1 Å². The highest BCUT2D eigenvalue weighted by Crippen LogP contribution is 2.42. The molecule has 1 aliphatic heterocycles. The molecule has 3 amide bonds. The van der Waals surface area contributed by atoms with Crippen LogP contribution in [0.2, 0.25) is 0 Å². The third kappa shape index (κ3) is 4.21. The number of nitrogens with one attached hydrogen (secondary N) is 1. The van der Waals surface area contributed by atoms with Crippen LogP contribution in [0.15, 0.2) is 34.9 Å². The summed E-state index contributed by atoms with van der Waals surface area (Å²) in [5.74, 6) is -1.15. The van der Waals surface area contributed by atoms with Gasteiger partial charge in [-0.05, 0) is 50.3 Å². The molecule has 4 rings (SSSR count). The van der Waals surface area contributed by atoms with Gasteiger partial charge in [0.1, 0.15) is 5.76 Å². The number of nitrogens with zero attached hydrogens (tertiary/aromatic N) is 2. The first-order chi connectivity index (χ1) is 14.8. The predicted octanol–water partition coefficient (Wildman–Crippen LogP) is 2.70. The zero-order chi connectivity index (χ0) is 22.1. The Bertz CT molecular complexity index is 1050. The van der Waals surface area contributed by atoms with Gasteiger partial charge in [0.2, 0.25) is 11.8 Å². The Morgan fingerprint density at radius 2 is 1.97 bits per heavy atom. The number of hydrogen-bond donors (Lipinski definition) is 1. The second-order valence-electron chi connectivity index (χ2n) is 8.14. The summed E-state index contributed by atoms with van der Waals surface area (Å²) in [6.07, 6.45) is 2.33. The largest absolute Gasteiger partial charge is 0.452 e. The number of imide groups is 1. The van der Waals surface area contributed by atoms with Gasteiger partial charge < -0.3 is 14.6 Å². The SMILES string of the molecule is Cc1cc(NC(=O)COC(=O)c2cccc(N3C(=O)[C@@H]4CC[C@@H](C)C[C@H]4C3=O)c2)no1. The first-order valence-electron chi connectivity index (χ1n) is 10.2. The average Bonchev–Trinajstić information content (AvgIpc) is 3.26. The minimum absolute atomic E-state index is 0.145. The minimum atomic E-state index is -0.738. The summed E-state index contributed by atoms with van der Waals surface area (Å²) in [7, 11) is 0. The maximum absolute atomic E-state index is 12.9. The van der Waals surface area contributed by atoms with Crippen LogP contribution in [-0.2, 0) is 19.1 Å². The molecule has 1 saturated carbocycles. The summed E-state index contributed by atoms with van der Waals surface area (Å²) in [5.41, 5.74) is 0.487. The highest BCUT2D eigenvalue weighted by Gasteiger charge is 2.50. The highest BCUT2D eigenvalue weighted by molar-refractivity contribution is 6.22. The molecule has 162 valence electrons. The van der Waals surface area contributed by atoms with Crippen molar-refractivity contribution in [2.75, 3.05) is 16.8 Å². The van der Waals surface area contributed by atoms with E-state index in [9.17, 15) is 19.2 Å². The van der Waals surface area contributed by atoms with Crippen molar-refractivity contribution in [3.8, 4) is 0 Å². The number of anilines is 2. The molecule has 3 atom stereocenters. The van der Waals surface area contributed by atoms with Gasteiger partial charge in [-0.25, -0.2) is 4.79 Å². The Morgan fingerprint density at radius 1 is 1.19 bits per heavy atom. The summed E-state index contributed by atoms with van der Waals surface area (Å²) in [6, 6.07) is 7.68. The van der Waals surface area contributed by atoms with Crippen LogP contribution in [0.3, 0.4) is 0 Å². The van der Waals surface area contributed by atoms with E-state index in [1.165, 1.54) is 23.1 Å². The number of aryl methyl sites for hydroxylation is 1. The van der Waals surface area contributed by atoms with E-state index in [1.807, 2.05) is 0 Å². The van der Waals surface area contributed by atoms with Gasteiger partial charge in [0.15, 0.2) is 12.4 Å². The Morgan fingerprint density at radius 3 is 2.71 bits per heavy atom. The number of esters is 1. The Labute approximate surface area is 178 Å². The van der Waals surface area contributed by atoms with E-state index in [-0.39, 0.29) is 35.0 Å². The van der Waals surface area contributed by atoms with Crippen molar-refractivity contribution >= 4 is 35.2 Å². The fourth-order valence-electron chi connectivity index (χ4n) is 4.23. The number of fused-ring (bicyclic) bond motifs is 1. The van der Waals surface area contributed by atoms with E-state index >= 15 is 0 Å². The molecule has 9 nitrogen and oxygen atoms in total. The van der Waals surface area contributed by atoms with Crippen LogP contribution < -0.4 is 10.2 Å². The number of rotatable bonds is 5.